The fourth-order valence-corrected chi connectivity index (χ4v) is 4.00. The van der Waals surface area contributed by atoms with Crippen molar-refractivity contribution in [3.63, 3.8) is 0 Å². The van der Waals surface area contributed by atoms with Gasteiger partial charge in [-0.3, -0.25) is 0 Å². The number of rotatable bonds is 7. The molecule has 0 saturated heterocycles. The summed E-state index contributed by atoms with van der Waals surface area (Å²) >= 11 is -0.469. The summed E-state index contributed by atoms with van der Waals surface area (Å²) in [6.07, 6.45) is 0. The number of phenols is 1. The summed E-state index contributed by atoms with van der Waals surface area (Å²) in [6.45, 7) is 5.64. The SMILES string of the molecule is C=C(C)C(=O)OCCOc1ccc([Te]c2ccc(O)cc2)cc1. The van der Waals surface area contributed by atoms with Gasteiger partial charge >= 0.3 is 146 Å². The van der Waals surface area contributed by atoms with Gasteiger partial charge in [-0.05, 0) is 0 Å². The average molecular weight is 426 g/mol. The Labute approximate surface area is 145 Å². The fourth-order valence-electron chi connectivity index (χ4n) is 1.67. The van der Waals surface area contributed by atoms with Crippen LogP contribution < -0.4 is 12.0 Å². The average Bonchev–Trinajstić information content (AvgIpc) is 2.55. The Hall–Kier alpha value is -1.96. The van der Waals surface area contributed by atoms with E-state index >= 15 is 0 Å². The summed E-state index contributed by atoms with van der Waals surface area (Å²) in [7, 11) is 0. The molecule has 0 heterocycles. The number of aromatic hydroxyl groups is 1. The first-order chi connectivity index (χ1) is 11.0. The van der Waals surface area contributed by atoms with E-state index in [9.17, 15) is 9.90 Å². The van der Waals surface area contributed by atoms with Crippen molar-refractivity contribution in [1.29, 1.82) is 0 Å². The first-order valence-electron chi connectivity index (χ1n) is 7.07. The van der Waals surface area contributed by atoms with Crippen LogP contribution in [0.3, 0.4) is 0 Å². The van der Waals surface area contributed by atoms with Gasteiger partial charge in [0.05, 0.1) is 0 Å². The molecular weight excluding hydrogens is 408 g/mol. The molecule has 2 rings (SSSR count). The minimum absolute atomic E-state index is 0.204. The molecule has 2 aromatic rings. The van der Waals surface area contributed by atoms with Crippen molar-refractivity contribution in [3.8, 4) is 11.5 Å². The number of esters is 1. The van der Waals surface area contributed by atoms with Crippen LogP contribution >= 0.6 is 0 Å². The number of phenolic OH excluding ortho intramolecular Hbond substituents is 1. The third-order valence-corrected chi connectivity index (χ3v) is 5.73. The molecule has 120 valence electrons. The topological polar surface area (TPSA) is 55.8 Å². The molecule has 1 N–H and O–H groups in total. The zero-order valence-corrected chi connectivity index (χ0v) is 15.2. The van der Waals surface area contributed by atoms with Crippen LogP contribution in [-0.4, -0.2) is 45.2 Å². The first kappa shape index (κ1) is 17.4. The second kappa shape index (κ2) is 8.61. The third-order valence-electron chi connectivity index (χ3n) is 2.83. The van der Waals surface area contributed by atoms with Crippen molar-refractivity contribution in [2.75, 3.05) is 13.2 Å². The van der Waals surface area contributed by atoms with Crippen molar-refractivity contribution in [1.82, 2.24) is 0 Å². The summed E-state index contributed by atoms with van der Waals surface area (Å²) < 4.78 is 13.0. The van der Waals surface area contributed by atoms with Gasteiger partial charge in [0.1, 0.15) is 0 Å². The molecule has 0 bridgehead atoms. The van der Waals surface area contributed by atoms with Gasteiger partial charge in [0.25, 0.3) is 0 Å². The Kier molecular flexibility index (Phi) is 6.51. The molecular formula is C18H18O4Te. The molecule has 0 aromatic heterocycles. The molecule has 5 heteroatoms. The Morgan fingerprint density at radius 3 is 2.17 bits per heavy atom. The van der Waals surface area contributed by atoms with E-state index in [1.165, 1.54) is 7.22 Å². The molecule has 2 aromatic carbocycles. The van der Waals surface area contributed by atoms with Crippen molar-refractivity contribution in [2.45, 2.75) is 6.92 Å². The van der Waals surface area contributed by atoms with Crippen LogP contribution in [-0.2, 0) is 9.53 Å². The summed E-state index contributed by atoms with van der Waals surface area (Å²) in [4.78, 5) is 11.2. The Morgan fingerprint density at radius 1 is 1.04 bits per heavy atom. The number of ether oxygens (including phenoxy) is 2. The second-order valence-corrected chi connectivity index (χ2v) is 8.11. The van der Waals surface area contributed by atoms with E-state index in [2.05, 4.69) is 6.58 Å². The van der Waals surface area contributed by atoms with Crippen LogP contribution in [0.1, 0.15) is 6.92 Å². The van der Waals surface area contributed by atoms with Crippen LogP contribution in [0.5, 0.6) is 11.5 Å². The van der Waals surface area contributed by atoms with Gasteiger partial charge in [0.2, 0.25) is 0 Å². The van der Waals surface area contributed by atoms with Crippen molar-refractivity contribution < 1.29 is 19.4 Å². The van der Waals surface area contributed by atoms with E-state index in [4.69, 9.17) is 9.47 Å². The predicted octanol–water partition coefficient (Wildman–Crippen LogP) is 1.55. The zero-order valence-electron chi connectivity index (χ0n) is 12.8. The minimum atomic E-state index is -0.469. The van der Waals surface area contributed by atoms with Crippen molar-refractivity contribution in [2.24, 2.45) is 0 Å². The number of benzene rings is 2. The Bertz CT molecular complexity index is 662. The van der Waals surface area contributed by atoms with E-state index in [-0.39, 0.29) is 12.4 Å². The summed E-state index contributed by atoms with van der Waals surface area (Å²) in [5, 5.41) is 9.29. The Balaban J connectivity index is 1.79. The van der Waals surface area contributed by atoms with Gasteiger partial charge < -0.3 is 0 Å². The molecule has 4 nitrogen and oxygen atoms in total. The van der Waals surface area contributed by atoms with Crippen LogP contribution in [0.25, 0.3) is 0 Å². The quantitative estimate of drug-likeness (QED) is 0.316. The summed E-state index contributed by atoms with van der Waals surface area (Å²) in [6, 6.07) is 15.3. The molecule has 0 aliphatic carbocycles. The molecule has 0 spiro atoms. The van der Waals surface area contributed by atoms with Gasteiger partial charge in [0.15, 0.2) is 0 Å². The molecule has 0 amide bonds. The van der Waals surface area contributed by atoms with E-state index in [1.54, 1.807) is 19.1 Å². The van der Waals surface area contributed by atoms with Gasteiger partial charge in [-0.25, -0.2) is 0 Å². The van der Waals surface area contributed by atoms with Gasteiger partial charge in [0, 0.05) is 0 Å². The molecule has 0 saturated carbocycles. The number of hydrogen-bond acceptors (Lipinski definition) is 4. The van der Waals surface area contributed by atoms with Crippen LogP contribution in [0.15, 0.2) is 60.7 Å². The maximum atomic E-state index is 11.2. The molecule has 0 atom stereocenters. The van der Waals surface area contributed by atoms with Crippen molar-refractivity contribution in [3.05, 3.63) is 60.7 Å². The van der Waals surface area contributed by atoms with Crippen LogP contribution in [0, 0.1) is 0 Å². The zero-order chi connectivity index (χ0) is 16.7. The maximum absolute atomic E-state index is 11.2. The molecule has 0 fully saturated rings. The molecule has 0 unspecified atom stereocenters. The van der Waals surface area contributed by atoms with E-state index in [1.807, 2.05) is 36.4 Å². The van der Waals surface area contributed by atoms with E-state index < -0.39 is 26.9 Å². The van der Waals surface area contributed by atoms with Crippen molar-refractivity contribution >= 4 is 34.1 Å². The number of carbonyl (C=O) groups is 1. The normalized spacial score (nSPS) is 10.1. The second-order valence-electron chi connectivity index (χ2n) is 4.83. The van der Waals surface area contributed by atoms with Crippen LogP contribution in [0.4, 0.5) is 0 Å². The fraction of sp³-hybridized carbons (Fsp3) is 0.167. The van der Waals surface area contributed by atoms with Gasteiger partial charge in [-0.1, -0.05) is 0 Å². The third kappa shape index (κ3) is 5.97. The molecule has 0 aliphatic heterocycles. The Morgan fingerprint density at radius 2 is 1.61 bits per heavy atom. The van der Waals surface area contributed by atoms with E-state index in [0.717, 1.165) is 5.75 Å². The van der Waals surface area contributed by atoms with E-state index in [0.29, 0.717) is 12.2 Å². The molecule has 0 radical (unpaired) electrons. The van der Waals surface area contributed by atoms with Gasteiger partial charge in [-0.2, -0.15) is 0 Å². The number of carbonyl (C=O) groups excluding carboxylic acids is 1. The summed E-state index contributed by atoms with van der Waals surface area (Å²) in [5.41, 5.74) is 0.383. The standard InChI is InChI=1S/C18H18O4Te/c1-13(2)18(20)22-12-11-21-15-5-9-17(10-6-15)23-16-7-3-14(19)4-8-16/h3-10,19H,1,11-12H2,2H3. The van der Waals surface area contributed by atoms with Gasteiger partial charge in [-0.15, -0.1) is 0 Å². The number of hydrogen-bond donors (Lipinski definition) is 1. The summed E-state index contributed by atoms with van der Waals surface area (Å²) in [5.74, 6) is 0.638. The predicted molar refractivity (Wildman–Crippen MR) is 90.8 cm³/mol. The monoisotopic (exact) mass is 428 g/mol. The first-order valence-corrected chi connectivity index (χ1v) is 9.40. The molecule has 23 heavy (non-hydrogen) atoms. The molecule has 0 aliphatic rings. The van der Waals surface area contributed by atoms with Crippen LogP contribution in [0.2, 0.25) is 0 Å².